The van der Waals surface area contributed by atoms with Crippen molar-refractivity contribution in [2.24, 2.45) is 11.8 Å². The molecule has 2 amide bonds. The summed E-state index contributed by atoms with van der Waals surface area (Å²) in [5, 5.41) is 3.13. The highest BCUT2D eigenvalue weighted by Crippen LogP contribution is 2.34. The molecule has 2 heterocycles. The number of rotatable bonds is 3. The Bertz CT molecular complexity index is 704. The number of fused-ring (bicyclic) bond motifs is 1. The molecule has 1 saturated heterocycles. The minimum Gasteiger partial charge on any atom is -0.493 e. The van der Waals surface area contributed by atoms with E-state index in [0.717, 1.165) is 50.6 Å². The third-order valence-corrected chi connectivity index (χ3v) is 5.59. The second kappa shape index (κ2) is 7.25. The Kier molecular flexibility index (Phi) is 4.83. The Morgan fingerprint density at radius 2 is 1.96 bits per heavy atom. The van der Waals surface area contributed by atoms with Crippen molar-refractivity contribution >= 4 is 11.8 Å². The predicted molar refractivity (Wildman–Crippen MR) is 94.0 cm³/mol. The average molecular weight is 360 g/mol. The Balaban J connectivity index is 1.43. The van der Waals surface area contributed by atoms with Crippen molar-refractivity contribution < 1.29 is 18.7 Å². The molecule has 26 heavy (non-hydrogen) atoms. The molecule has 4 rings (SSSR count). The first-order valence-corrected chi connectivity index (χ1v) is 9.63. The average Bonchev–Trinajstić information content (AvgIpc) is 3.49. The van der Waals surface area contributed by atoms with Gasteiger partial charge in [-0.2, -0.15) is 0 Å². The Labute approximate surface area is 152 Å². The van der Waals surface area contributed by atoms with Gasteiger partial charge in [0.1, 0.15) is 11.6 Å². The van der Waals surface area contributed by atoms with Crippen LogP contribution in [0.15, 0.2) is 18.2 Å². The number of ether oxygens (including phenoxy) is 1. The molecule has 3 aliphatic rings. The molecule has 5 nitrogen and oxygen atoms in total. The van der Waals surface area contributed by atoms with E-state index >= 15 is 0 Å². The quantitative estimate of drug-likeness (QED) is 0.902. The normalized spacial score (nSPS) is 25.7. The minimum atomic E-state index is -0.336. The zero-order valence-corrected chi connectivity index (χ0v) is 14.9. The third-order valence-electron chi connectivity index (χ3n) is 5.59. The van der Waals surface area contributed by atoms with Crippen molar-refractivity contribution in [3.8, 4) is 5.75 Å². The van der Waals surface area contributed by atoms with E-state index in [1.165, 1.54) is 12.1 Å². The van der Waals surface area contributed by atoms with E-state index in [0.29, 0.717) is 18.9 Å². The maximum atomic E-state index is 13.5. The van der Waals surface area contributed by atoms with Gasteiger partial charge in [0, 0.05) is 30.6 Å². The number of benzene rings is 1. The summed E-state index contributed by atoms with van der Waals surface area (Å²) in [6, 6.07) is 4.32. The molecule has 2 fully saturated rings. The van der Waals surface area contributed by atoms with Gasteiger partial charge in [-0.05, 0) is 44.6 Å². The largest absolute Gasteiger partial charge is 0.493 e. The molecule has 140 valence electrons. The van der Waals surface area contributed by atoms with E-state index in [1.54, 1.807) is 6.07 Å². The van der Waals surface area contributed by atoms with Crippen molar-refractivity contribution in [1.29, 1.82) is 0 Å². The number of piperidine rings is 1. The number of hydrogen-bond acceptors (Lipinski definition) is 3. The fraction of sp³-hybridized carbons (Fsp3) is 0.600. The fourth-order valence-corrected chi connectivity index (χ4v) is 3.97. The van der Waals surface area contributed by atoms with Crippen LogP contribution in [-0.2, 0) is 9.59 Å². The van der Waals surface area contributed by atoms with E-state index in [-0.39, 0.29) is 35.5 Å². The topological polar surface area (TPSA) is 58.6 Å². The van der Waals surface area contributed by atoms with E-state index < -0.39 is 0 Å². The number of halogens is 1. The maximum Gasteiger partial charge on any atom is 0.225 e. The molecule has 0 spiro atoms. The van der Waals surface area contributed by atoms with Crippen LogP contribution in [0.2, 0.25) is 0 Å². The van der Waals surface area contributed by atoms with Crippen LogP contribution in [0.3, 0.4) is 0 Å². The zero-order chi connectivity index (χ0) is 18.1. The van der Waals surface area contributed by atoms with Gasteiger partial charge in [0.25, 0.3) is 0 Å². The van der Waals surface area contributed by atoms with Crippen LogP contribution < -0.4 is 10.1 Å². The number of amides is 2. The molecular formula is C20H25FN2O3. The molecule has 1 aliphatic carbocycles. The number of hydrogen-bond donors (Lipinski definition) is 1. The van der Waals surface area contributed by atoms with E-state index in [9.17, 15) is 14.0 Å². The molecule has 1 saturated carbocycles. The van der Waals surface area contributed by atoms with E-state index in [4.69, 9.17) is 4.74 Å². The lowest BCUT2D eigenvalue weighted by molar-refractivity contribution is -0.137. The summed E-state index contributed by atoms with van der Waals surface area (Å²) in [6.45, 7) is 1.80. The lowest BCUT2D eigenvalue weighted by atomic mass is 9.95. The smallest absolute Gasteiger partial charge is 0.225 e. The first-order chi connectivity index (χ1) is 12.6. The molecule has 0 bridgehead atoms. The van der Waals surface area contributed by atoms with Crippen LogP contribution in [0.4, 0.5) is 4.39 Å². The number of carbonyl (C=O) groups is 2. The van der Waals surface area contributed by atoms with Gasteiger partial charge in [0.2, 0.25) is 11.8 Å². The summed E-state index contributed by atoms with van der Waals surface area (Å²) in [5.41, 5.74) is 0.832. The number of likely N-dealkylation sites (tertiary alicyclic amines) is 1. The number of carbonyl (C=O) groups excluding carboxylic acids is 2. The molecule has 0 aromatic heterocycles. The maximum absolute atomic E-state index is 13.5. The van der Waals surface area contributed by atoms with Gasteiger partial charge in [-0.25, -0.2) is 4.39 Å². The Morgan fingerprint density at radius 1 is 1.12 bits per heavy atom. The number of nitrogens with one attached hydrogen (secondary N) is 1. The highest BCUT2D eigenvalue weighted by molar-refractivity contribution is 5.83. The van der Waals surface area contributed by atoms with Crippen molar-refractivity contribution in [3.63, 3.8) is 0 Å². The Hall–Kier alpha value is -2.11. The number of nitrogens with zero attached hydrogens (tertiary/aromatic N) is 1. The lowest BCUT2D eigenvalue weighted by Crippen LogP contribution is -2.46. The first kappa shape index (κ1) is 17.3. The summed E-state index contributed by atoms with van der Waals surface area (Å²) in [6.07, 6.45) is 5.22. The van der Waals surface area contributed by atoms with Gasteiger partial charge in [-0.3, -0.25) is 9.59 Å². The second-order valence-electron chi connectivity index (χ2n) is 7.63. The molecule has 0 radical (unpaired) electrons. The predicted octanol–water partition coefficient (Wildman–Crippen LogP) is 2.80. The summed E-state index contributed by atoms with van der Waals surface area (Å²) in [7, 11) is 0. The first-order valence-electron chi connectivity index (χ1n) is 9.63. The molecule has 2 aliphatic heterocycles. The van der Waals surface area contributed by atoms with Crippen LogP contribution in [0.5, 0.6) is 5.75 Å². The second-order valence-corrected chi connectivity index (χ2v) is 7.63. The third kappa shape index (κ3) is 3.69. The molecule has 6 heteroatoms. The minimum absolute atomic E-state index is 0.0135. The van der Waals surface area contributed by atoms with Crippen molar-refractivity contribution in [1.82, 2.24) is 10.2 Å². The highest BCUT2D eigenvalue weighted by atomic mass is 19.1. The van der Waals surface area contributed by atoms with Gasteiger partial charge in [0.15, 0.2) is 0 Å². The highest BCUT2D eigenvalue weighted by Gasteiger charge is 2.37. The molecule has 1 N–H and O–H groups in total. The van der Waals surface area contributed by atoms with Gasteiger partial charge in [-0.1, -0.05) is 6.07 Å². The van der Waals surface area contributed by atoms with Crippen molar-refractivity contribution in [2.45, 2.75) is 44.6 Å². The van der Waals surface area contributed by atoms with Crippen LogP contribution in [-0.4, -0.2) is 36.4 Å². The molecular weight excluding hydrogens is 335 g/mol. The summed E-state index contributed by atoms with van der Waals surface area (Å²) >= 11 is 0. The van der Waals surface area contributed by atoms with Gasteiger partial charge >= 0.3 is 0 Å². The van der Waals surface area contributed by atoms with Gasteiger partial charge in [0.05, 0.1) is 18.6 Å². The van der Waals surface area contributed by atoms with Crippen LogP contribution in [0, 0.1) is 17.7 Å². The zero-order valence-electron chi connectivity index (χ0n) is 14.9. The Morgan fingerprint density at radius 3 is 2.77 bits per heavy atom. The van der Waals surface area contributed by atoms with Crippen molar-refractivity contribution in [2.75, 3.05) is 19.7 Å². The molecule has 1 aromatic carbocycles. The van der Waals surface area contributed by atoms with E-state index in [1.807, 2.05) is 4.90 Å². The SMILES string of the molecule is O=C(NC1CCCOc2cc(F)ccc21)C1CCCN(C(=O)C2CC2)C1. The van der Waals surface area contributed by atoms with Crippen LogP contribution in [0.25, 0.3) is 0 Å². The lowest BCUT2D eigenvalue weighted by Gasteiger charge is -2.33. The van der Waals surface area contributed by atoms with Crippen LogP contribution >= 0.6 is 0 Å². The van der Waals surface area contributed by atoms with E-state index in [2.05, 4.69) is 5.32 Å². The fourth-order valence-electron chi connectivity index (χ4n) is 3.97. The standard InChI is InChI=1S/C20H25FN2O3/c21-15-7-8-16-17(4-2-10-26-18(16)11-15)22-19(24)14-3-1-9-23(12-14)20(25)13-5-6-13/h7-8,11,13-14,17H,1-6,9-10,12H2,(H,22,24). The summed E-state index contributed by atoms with van der Waals surface area (Å²) in [5.74, 6) is 0.406. The van der Waals surface area contributed by atoms with Crippen LogP contribution in [0.1, 0.15) is 50.1 Å². The van der Waals surface area contributed by atoms with Gasteiger partial charge < -0.3 is 15.0 Å². The van der Waals surface area contributed by atoms with Gasteiger partial charge in [-0.15, -0.1) is 0 Å². The summed E-state index contributed by atoms with van der Waals surface area (Å²) in [4.78, 5) is 27.0. The molecule has 1 aromatic rings. The van der Waals surface area contributed by atoms with Crippen molar-refractivity contribution in [3.05, 3.63) is 29.6 Å². The summed E-state index contributed by atoms with van der Waals surface area (Å²) < 4.78 is 19.1. The molecule has 2 unspecified atom stereocenters. The molecule has 2 atom stereocenters. The monoisotopic (exact) mass is 360 g/mol.